The summed E-state index contributed by atoms with van der Waals surface area (Å²) in [4.78, 5) is 15.4. The zero-order chi connectivity index (χ0) is 10.3. The zero-order valence-electron chi connectivity index (χ0n) is 8.39. The standard InChI is InChI=1S/C12H12N2O/c15-12-10-3-1-2-4-11(10)14(8-13-12)7-9-5-6-9/h1-4,8-9H,5-7H2. The molecule has 3 heteroatoms. The molecule has 0 amide bonds. The normalized spacial score (nSPS) is 15.7. The molecule has 1 saturated carbocycles. The second-order valence-electron chi connectivity index (χ2n) is 4.16. The fourth-order valence-electron chi connectivity index (χ4n) is 1.88. The summed E-state index contributed by atoms with van der Waals surface area (Å²) in [5.74, 6) is 0.790. The average Bonchev–Trinajstić information content (AvgIpc) is 3.07. The molecule has 0 saturated heterocycles. The Labute approximate surface area is 87.4 Å². The van der Waals surface area contributed by atoms with Gasteiger partial charge in [0, 0.05) is 6.54 Å². The van der Waals surface area contributed by atoms with Gasteiger partial charge in [0.1, 0.15) is 0 Å². The Kier molecular flexibility index (Phi) is 1.84. The van der Waals surface area contributed by atoms with Crippen LogP contribution in [0.3, 0.4) is 0 Å². The van der Waals surface area contributed by atoms with Gasteiger partial charge in [-0.3, -0.25) is 4.79 Å². The molecule has 0 N–H and O–H groups in total. The van der Waals surface area contributed by atoms with Gasteiger partial charge in [-0.2, -0.15) is 4.98 Å². The molecular formula is C12H12N2O. The van der Waals surface area contributed by atoms with E-state index in [1.54, 1.807) is 6.33 Å². The summed E-state index contributed by atoms with van der Waals surface area (Å²) in [5, 5.41) is 0.723. The van der Waals surface area contributed by atoms with Gasteiger partial charge in [-0.1, -0.05) is 12.1 Å². The van der Waals surface area contributed by atoms with Gasteiger partial charge in [-0.05, 0) is 30.9 Å². The van der Waals surface area contributed by atoms with Crippen molar-refractivity contribution >= 4 is 10.9 Å². The third-order valence-corrected chi connectivity index (χ3v) is 2.91. The highest BCUT2D eigenvalue weighted by Crippen LogP contribution is 2.31. The predicted molar refractivity (Wildman–Crippen MR) is 58.7 cm³/mol. The summed E-state index contributed by atoms with van der Waals surface area (Å²) in [6, 6.07) is 7.67. The summed E-state index contributed by atoms with van der Waals surface area (Å²) in [5.41, 5.74) is 0.877. The minimum absolute atomic E-state index is 0.127. The first-order valence-corrected chi connectivity index (χ1v) is 5.29. The topological polar surface area (TPSA) is 34.9 Å². The lowest BCUT2D eigenvalue weighted by atomic mass is 10.2. The van der Waals surface area contributed by atoms with Crippen molar-refractivity contribution in [2.45, 2.75) is 19.4 Å². The molecule has 3 nitrogen and oxygen atoms in total. The van der Waals surface area contributed by atoms with Gasteiger partial charge < -0.3 is 4.57 Å². The largest absolute Gasteiger partial charge is 0.331 e. The maximum atomic E-state index is 11.5. The van der Waals surface area contributed by atoms with Crippen molar-refractivity contribution in [2.75, 3.05) is 0 Å². The molecule has 76 valence electrons. The lowest BCUT2D eigenvalue weighted by molar-refractivity contribution is 0.632. The maximum Gasteiger partial charge on any atom is 0.280 e. The minimum Gasteiger partial charge on any atom is -0.331 e. The number of aromatic nitrogens is 2. The van der Waals surface area contributed by atoms with Crippen LogP contribution in [0.5, 0.6) is 0 Å². The molecule has 1 heterocycles. The van der Waals surface area contributed by atoms with Crippen LogP contribution in [0.4, 0.5) is 0 Å². The first-order valence-electron chi connectivity index (χ1n) is 5.29. The lowest BCUT2D eigenvalue weighted by Crippen LogP contribution is -2.13. The zero-order valence-corrected chi connectivity index (χ0v) is 8.39. The maximum absolute atomic E-state index is 11.5. The fourth-order valence-corrected chi connectivity index (χ4v) is 1.88. The van der Waals surface area contributed by atoms with Crippen molar-refractivity contribution in [3.63, 3.8) is 0 Å². The molecule has 3 rings (SSSR count). The Morgan fingerprint density at radius 3 is 2.93 bits per heavy atom. The van der Waals surface area contributed by atoms with Crippen LogP contribution in [0.1, 0.15) is 12.8 Å². The van der Waals surface area contributed by atoms with Crippen molar-refractivity contribution in [3.05, 3.63) is 40.9 Å². The smallest absolute Gasteiger partial charge is 0.280 e. The van der Waals surface area contributed by atoms with Crippen LogP contribution in [0.25, 0.3) is 10.9 Å². The van der Waals surface area contributed by atoms with Crippen molar-refractivity contribution in [2.24, 2.45) is 5.92 Å². The van der Waals surface area contributed by atoms with E-state index in [9.17, 15) is 4.79 Å². The molecular weight excluding hydrogens is 188 g/mol. The van der Waals surface area contributed by atoms with Crippen LogP contribution >= 0.6 is 0 Å². The van der Waals surface area contributed by atoms with E-state index in [1.807, 2.05) is 24.3 Å². The first kappa shape index (κ1) is 8.65. The van der Waals surface area contributed by atoms with E-state index in [-0.39, 0.29) is 5.56 Å². The van der Waals surface area contributed by atoms with Crippen LogP contribution in [0, 0.1) is 5.92 Å². The van der Waals surface area contributed by atoms with Gasteiger partial charge in [0.2, 0.25) is 0 Å². The highest BCUT2D eigenvalue weighted by atomic mass is 16.1. The Morgan fingerprint density at radius 2 is 2.13 bits per heavy atom. The van der Waals surface area contributed by atoms with E-state index in [2.05, 4.69) is 9.55 Å². The SMILES string of the molecule is O=c1ncn(CC2CC2)c2ccccc12. The number of para-hydroxylation sites is 1. The van der Waals surface area contributed by atoms with E-state index in [1.165, 1.54) is 12.8 Å². The predicted octanol–water partition coefficient (Wildman–Crippen LogP) is 1.81. The monoisotopic (exact) mass is 200 g/mol. The molecule has 1 aliphatic carbocycles. The van der Waals surface area contributed by atoms with E-state index in [4.69, 9.17) is 0 Å². The minimum atomic E-state index is -0.127. The molecule has 0 radical (unpaired) electrons. The summed E-state index contributed by atoms with van der Waals surface area (Å²) in [6.45, 7) is 0.994. The van der Waals surface area contributed by atoms with Gasteiger partial charge in [-0.25, -0.2) is 0 Å². The van der Waals surface area contributed by atoms with E-state index in [0.717, 1.165) is 23.4 Å². The third-order valence-electron chi connectivity index (χ3n) is 2.91. The van der Waals surface area contributed by atoms with Crippen molar-refractivity contribution in [1.82, 2.24) is 9.55 Å². The lowest BCUT2D eigenvalue weighted by Gasteiger charge is -2.08. The number of benzene rings is 1. The molecule has 1 aliphatic rings. The van der Waals surface area contributed by atoms with E-state index in [0.29, 0.717) is 0 Å². The first-order chi connectivity index (χ1) is 7.34. The molecule has 1 aromatic carbocycles. The number of hydrogen-bond acceptors (Lipinski definition) is 2. The highest BCUT2D eigenvalue weighted by Gasteiger charge is 2.22. The summed E-state index contributed by atoms with van der Waals surface area (Å²) in [6.07, 6.45) is 4.28. The van der Waals surface area contributed by atoms with E-state index < -0.39 is 0 Å². The Bertz CT molecular complexity index is 555. The van der Waals surface area contributed by atoms with Crippen LogP contribution in [-0.2, 0) is 6.54 Å². The fraction of sp³-hybridized carbons (Fsp3) is 0.333. The third kappa shape index (κ3) is 1.54. The molecule has 1 aromatic heterocycles. The molecule has 15 heavy (non-hydrogen) atoms. The van der Waals surface area contributed by atoms with Crippen LogP contribution in [-0.4, -0.2) is 9.55 Å². The van der Waals surface area contributed by atoms with Crippen molar-refractivity contribution < 1.29 is 0 Å². The number of hydrogen-bond donors (Lipinski definition) is 0. The van der Waals surface area contributed by atoms with Crippen LogP contribution < -0.4 is 5.56 Å². The number of rotatable bonds is 2. The highest BCUT2D eigenvalue weighted by molar-refractivity contribution is 5.77. The molecule has 0 aliphatic heterocycles. The summed E-state index contributed by atoms with van der Waals surface area (Å²) >= 11 is 0. The quantitative estimate of drug-likeness (QED) is 0.741. The summed E-state index contributed by atoms with van der Waals surface area (Å²) in [7, 11) is 0. The molecule has 1 fully saturated rings. The second kappa shape index (κ2) is 3.19. The molecule has 2 aromatic rings. The van der Waals surface area contributed by atoms with Crippen molar-refractivity contribution in [1.29, 1.82) is 0 Å². The Morgan fingerprint density at radius 1 is 1.33 bits per heavy atom. The van der Waals surface area contributed by atoms with Crippen molar-refractivity contribution in [3.8, 4) is 0 Å². The molecule has 0 bridgehead atoms. The molecule has 0 spiro atoms. The van der Waals surface area contributed by atoms with Gasteiger partial charge in [0.25, 0.3) is 5.56 Å². The van der Waals surface area contributed by atoms with Gasteiger partial charge in [-0.15, -0.1) is 0 Å². The average molecular weight is 200 g/mol. The van der Waals surface area contributed by atoms with Gasteiger partial charge in [0.05, 0.1) is 17.2 Å². The van der Waals surface area contributed by atoms with Crippen LogP contribution in [0.2, 0.25) is 0 Å². The van der Waals surface area contributed by atoms with E-state index >= 15 is 0 Å². The number of nitrogens with zero attached hydrogens (tertiary/aromatic N) is 2. The summed E-state index contributed by atoms with van der Waals surface area (Å²) < 4.78 is 2.09. The van der Waals surface area contributed by atoms with Gasteiger partial charge >= 0.3 is 0 Å². The number of fused-ring (bicyclic) bond motifs is 1. The second-order valence-corrected chi connectivity index (χ2v) is 4.16. The Hall–Kier alpha value is -1.64. The molecule has 0 unspecified atom stereocenters. The van der Waals surface area contributed by atoms with Crippen LogP contribution in [0.15, 0.2) is 35.4 Å². The Balaban J connectivity index is 2.20. The van der Waals surface area contributed by atoms with Gasteiger partial charge in [0.15, 0.2) is 0 Å². The molecule has 0 atom stereocenters.